The molecule has 0 spiro atoms. The molecule has 2 rings (SSSR count). The highest BCUT2D eigenvalue weighted by Crippen LogP contribution is 2.21. The highest BCUT2D eigenvalue weighted by Gasteiger charge is 2.07. The van der Waals surface area contributed by atoms with Gasteiger partial charge in [0, 0.05) is 19.7 Å². The van der Waals surface area contributed by atoms with Crippen LogP contribution in [0.25, 0.3) is 0 Å². The van der Waals surface area contributed by atoms with Crippen LogP contribution in [0.1, 0.15) is 27.0 Å². The molecule has 0 saturated heterocycles. The molecule has 0 bridgehead atoms. The zero-order valence-corrected chi connectivity index (χ0v) is 13.0. The zero-order chi connectivity index (χ0) is 15.4. The van der Waals surface area contributed by atoms with Crippen LogP contribution in [0.4, 0.5) is 0 Å². The van der Waals surface area contributed by atoms with E-state index in [4.69, 9.17) is 4.74 Å². The first-order chi connectivity index (χ1) is 9.99. The molecule has 0 aliphatic carbocycles. The Kier molecular flexibility index (Phi) is 4.63. The third-order valence-corrected chi connectivity index (χ3v) is 3.56. The van der Waals surface area contributed by atoms with E-state index in [0.717, 1.165) is 16.9 Å². The van der Waals surface area contributed by atoms with E-state index < -0.39 is 0 Å². The molecule has 0 aliphatic heterocycles. The lowest BCUT2D eigenvalue weighted by molar-refractivity contribution is 0.0827. The Hall–Kier alpha value is -2.29. The standard InChI is InChI=1S/C18H21NO2/c1-13-6-5-7-17(14(13)2)21-12-15-8-10-16(11-9-15)18(20)19(3)4/h5-11H,12H2,1-4H3. The predicted molar refractivity (Wildman–Crippen MR) is 84.7 cm³/mol. The van der Waals surface area contributed by atoms with E-state index in [-0.39, 0.29) is 5.91 Å². The van der Waals surface area contributed by atoms with Crippen LogP contribution in [-0.2, 0) is 6.61 Å². The molecule has 21 heavy (non-hydrogen) atoms. The van der Waals surface area contributed by atoms with Gasteiger partial charge in [-0.1, -0.05) is 24.3 Å². The summed E-state index contributed by atoms with van der Waals surface area (Å²) in [6, 6.07) is 13.6. The Labute approximate surface area is 126 Å². The van der Waals surface area contributed by atoms with Crippen LogP contribution < -0.4 is 4.74 Å². The van der Waals surface area contributed by atoms with Crippen molar-refractivity contribution in [3.8, 4) is 5.75 Å². The summed E-state index contributed by atoms with van der Waals surface area (Å²) in [5.41, 5.74) is 4.12. The van der Waals surface area contributed by atoms with Gasteiger partial charge < -0.3 is 9.64 Å². The Morgan fingerprint density at radius 3 is 2.33 bits per heavy atom. The molecular formula is C18H21NO2. The second kappa shape index (κ2) is 6.44. The molecule has 3 heteroatoms. The quantitative estimate of drug-likeness (QED) is 0.858. The lowest BCUT2D eigenvalue weighted by Gasteiger charge is -2.12. The highest BCUT2D eigenvalue weighted by molar-refractivity contribution is 5.93. The first-order valence-corrected chi connectivity index (χ1v) is 6.98. The Balaban J connectivity index is 2.04. The van der Waals surface area contributed by atoms with Crippen LogP contribution >= 0.6 is 0 Å². The molecule has 0 atom stereocenters. The minimum Gasteiger partial charge on any atom is -0.489 e. The first kappa shape index (κ1) is 15.1. The van der Waals surface area contributed by atoms with E-state index in [0.29, 0.717) is 12.2 Å². The SMILES string of the molecule is Cc1cccc(OCc2ccc(C(=O)N(C)C)cc2)c1C. The van der Waals surface area contributed by atoms with Crippen molar-refractivity contribution in [3.63, 3.8) is 0 Å². The lowest BCUT2D eigenvalue weighted by Crippen LogP contribution is -2.21. The van der Waals surface area contributed by atoms with Crippen molar-refractivity contribution in [1.82, 2.24) is 4.90 Å². The topological polar surface area (TPSA) is 29.5 Å². The van der Waals surface area contributed by atoms with Gasteiger partial charge in [0.2, 0.25) is 0 Å². The molecule has 2 aromatic rings. The van der Waals surface area contributed by atoms with E-state index in [9.17, 15) is 4.79 Å². The predicted octanol–water partition coefficient (Wildman–Crippen LogP) is 3.58. The normalized spacial score (nSPS) is 10.3. The Morgan fingerprint density at radius 1 is 1.05 bits per heavy atom. The molecule has 0 aromatic heterocycles. The van der Waals surface area contributed by atoms with Crippen LogP contribution in [0, 0.1) is 13.8 Å². The van der Waals surface area contributed by atoms with Crippen molar-refractivity contribution < 1.29 is 9.53 Å². The Bertz CT molecular complexity index is 630. The monoisotopic (exact) mass is 283 g/mol. The molecule has 0 aliphatic rings. The maximum atomic E-state index is 11.8. The van der Waals surface area contributed by atoms with Gasteiger partial charge in [0.1, 0.15) is 12.4 Å². The fourth-order valence-corrected chi connectivity index (χ4v) is 2.04. The minimum atomic E-state index is 0.0111. The maximum Gasteiger partial charge on any atom is 0.253 e. The third-order valence-electron chi connectivity index (χ3n) is 3.56. The number of nitrogens with zero attached hydrogens (tertiary/aromatic N) is 1. The lowest BCUT2D eigenvalue weighted by atomic mass is 10.1. The summed E-state index contributed by atoms with van der Waals surface area (Å²) in [4.78, 5) is 13.4. The summed E-state index contributed by atoms with van der Waals surface area (Å²) < 4.78 is 5.86. The molecule has 0 unspecified atom stereocenters. The largest absolute Gasteiger partial charge is 0.489 e. The van der Waals surface area contributed by atoms with Crippen LogP contribution in [0.15, 0.2) is 42.5 Å². The second-order valence-electron chi connectivity index (χ2n) is 5.38. The van der Waals surface area contributed by atoms with Crippen molar-refractivity contribution in [2.45, 2.75) is 20.5 Å². The molecule has 2 aromatic carbocycles. The van der Waals surface area contributed by atoms with Crippen LogP contribution in [0.5, 0.6) is 5.75 Å². The molecule has 0 saturated carbocycles. The van der Waals surface area contributed by atoms with E-state index in [1.54, 1.807) is 19.0 Å². The number of hydrogen-bond acceptors (Lipinski definition) is 2. The fourth-order valence-electron chi connectivity index (χ4n) is 2.04. The number of amides is 1. The van der Waals surface area contributed by atoms with Crippen LogP contribution in [-0.4, -0.2) is 24.9 Å². The van der Waals surface area contributed by atoms with Gasteiger partial charge in [0.15, 0.2) is 0 Å². The summed E-state index contributed by atoms with van der Waals surface area (Å²) >= 11 is 0. The van der Waals surface area contributed by atoms with Gasteiger partial charge in [-0.2, -0.15) is 0 Å². The second-order valence-corrected chi connectivity index (χ2v) is 5.38. The van der Waals surface area contributed by atoms with Crippen molar-refractivity contribution in [3.05, 3.63) is 64.7 Å². The number of carbonyl (C=O) groups excluding carboxylic acids is 1. The van der Waals surface area contributed by atoms with Gasteiger partial charge in [0.05, 0.1) is 0 Å². The van der Waals surface area contributed by atoms with Crippen molar-refractivity contribution in [2.24, 2.45) is 0 Å². The molecular weight excluding hydrogens is 262 g/mol. The van der Waals surface area contributed by atoms with Gasteiger partial charge in [-0.15, -0.1) is 0 Å². The van der Waals surface area contributed by atoms with Crippen molar-refractivity contribution >= 4 is 5.91 Å². The van der Waals surface area contributed by atoms with E-state index in [1.165, 1.54) is 5.56 Å². The maximum absolute atomic E-state index is 11.8. The third kappa shape index (κ3) is 3.63. The number of hydrogen-bond donors (Lipinski definition) is 0. The van der Waals surface area contributed by atoms with Gasteiger partial charge in [-0.25, -0.2) is 0 Å². The number of rotatable bonds is 4. The number of ether oxygens (including phenoxy) is 1. The Morgan fingerprint density at radius 2 is 1.71 bits per heavy atom. The average molecular weight is 283 g/mol. The van der Waals surface area contributed by atoms with E-state index >= 15 is 0 Å². The fraction of sp³-hybridized carbons (Fsp3) is 0.278. The summed E-state index contributed by atoms with van der Waals surface area (Å²) in [7, 11) is 3.50. The smallest absolute Gasteiger partial charge is 0.253 e. The number of aryl methyl sites for hydroxylation is 1. The van der Waals surface area contributed by atoms with Gasteiger partial charge >= 0.3 is 0 Å². The highest BCUT2D eigenvalue weighted by atomic mass is 16.5. The van der Waals surface area contributed by atoms with E-state index in [2.05, 4.69) is 19.9 Å². The summed E-state index contributed by atoms with van der Waals surface area (Å²) in [6.45, 7) is 4.63. The van der Waals surface area contributed by atoms with Crippen LogP contribution in [0.2, 0.25) is 0 Å². The van der Waals surface area contributed by atoms with Gasteiger partial charge in [0.25, 0.3) is 5.91 Å². The zero-order valence-electron chi connectivity index (χ0n) is 13.0. The van der Waals surface area contributed by atoms with E-state index in [1.807, 2.05) is 36.4 Å². The average Bonchev–Trinajstić information content (AvgIpc) is 2.48. The summed E-state index contributed by atoms with van der Waals surface area (Å²) in [5, 5.41) is 0. The molecule has 110 valence electrons. The minimum absolute atomic E-state index is 0.0111. The number of benzene rings is 2. The van der Waals surface area contributed by atoms with Gasteiger partial charge in [-0.3, -0.25) is 4.79 Å². The van der Waals surface area contributed by atoms with Crippen molar-refractivity contribution in [2.75, 3.05) is 14.1 Å². The summed E-state index contributed by atoms with van der Waals surface area (Å²) in [5.74, 6) is 0.917. The first-order valence-electron chi connectivity index (χ1n) is 6.98. The summed E-state index contributed by atoms with van der Waals surface area (Å²) in [6.07, 6.45) is 0. The van der Waals surface area contributed by atoms with Crippen molar-refractivity contribution in [1.29, 1.82) is 0 Å². The molecule has 3 nitrogen and oxygen atoms in total. The molecule has 0 radical (unpaired) electrons. The molecule has 0 fully saturated rings. The molecule has 1 amide bonds. The van der Waals surface area contributed by atoms with Crippen LogP contribution in [0.3, 0.4) is 0 Å². The molecule has 0 heterocycles. The van der Waals surface area contributed by atoms with Gasteiger partial charge in [-0.05, 0) is 48.7 Å². The number of carbonyl (C=O) groups is 1. The molecule has 0 N–H and O–H groups in total.